The Hall–Kier alpha value is -1.27. The highest BCUT2D eigenvalue weighted by Crippen LogP contribution is 2.32. The number of rotatable bonds is 5. The average molecular weight is 323 g/mol. The minimum absolute atomic E-state index is 0.0752. The monoisotopic (exact) mass is 323 g/mol. The molecule has 6 heteroatoms. The summed E-state index contributed by atoms with van der Waals surface area (Å²) < 4.78 is 0. The van der Waals surface area contributed by atoms with E-state index in [-0.39, 0.29) is 11.9 Å². The Morgan fingerprint density at radius 3 is 2.90 bits per heavy atom. The average Bonchev–Trinajstić information content (AvgIpc) is 2.46. The second kappa shape index (κ2) is 7.13. The van der Waals surface area contributed by atoms with Crippen molar-refractivity contribution in [3.63, 3.8) is 0 Å². The van der Waals surface area contributed by atoms with E-state index in [1.54, 1.807) is 11.8 Å². The lowest BCUT2D eigenvalue weighted by molar-refractivity contribution is -0.123. The smallest absolute Gasteiger partial charge is 0.242 e. The van der Waals surface area contributed by atoms with E-state index in [2.05, 4.69) is 17.1 Å². The van der Waals surface area contributed by atoms with E-state index in [0.29, 0.717) is 11.5 Å². The molecule has 1 amide bonds. The van der Waals surface area contributed by atoms with Crippen molar-refractivity contribution in [3.8, 4) is 0 Å². The number of thioether (sulfide) groups is 1. The van der Waals surface area contributed by atoms with Gasteiger partial charge in [-0.2, -0.15) is 0 Å². The summed E-state index contributed by atoms with van der Waals surface area (Å²) in [5.74, 6) is 1.03. The fourth-order valence-corrected chi connectivity index (χ4v) is 3.81. The second-order valence-corrected chi connectivity index (χ2v) is 6.60. The molecule has 0 radical (unpaired) electrons. The minimum atomic E-state index is -0.159. The zero-order chi connectivity index (χ0) is 15.4. The van der Waals surface area contributed by atoms with E-state index in [4.69, 9.17) is 18.0 Å². The van der Waals surface area contributed by atoms with Gasteiger partial charge in [-0.05, 0) is 24.3 Å². The molecule has 1 heterocycles. The molecule has 1 aromatic carbocycles. The molecule has 3 N–H and O–H groups in total. The highest BCUT2D eigenvalue weighted by molar-refractivity contribution is 7.99. The number of nitrogens with one attached hydrogen (secondary N) is 1. The molecule has 0 bridgehead atoms. The number of piperazine rings is 1. The molecule has 0 aliphatic carbocycles. The maximum atomic E-state index is 12.1. The quantitative estimate of drug-likeness (QED) is 0.642. The maximum Gasteiger partial charge on any atom is 0.242 e. The van der Waals surface area contributed by atoms with Gasteiger partial charge in [-0.15, -0.1) is 11.8 Å². The Labute approximate surface area is 135 Å². The van der Waals surface area contributed by atoms with E-state index in [1.165, 1.54) is 0 Å². The molecule has 114 valence electrons. The van der Waals surface area contributed by atoms with Crippen molar-refractivity contribution in [2.75, 3.05) is 23.7 Å². The first-order valence-electron chi connectivity index (χ1n) is 7.20. The van der Waals surface area contributed by atoms with Crippen molar-refractivity contribution in [1.29, 1.82) is 0 Å². The third-order valence-corrected chi connectivity index (χ3v) is 4.72. The predicted octanol–water partition coefficient (Wildman–Crippen LogP) is 2.15. The largest absolute Gasteiger partial charge is 0.389 e. The van der Waals surface area contributed by atoms with Gasteiger partial charge in [0.25, 0.3) is 0 Å². The fraction of sp³-hybridized carbons (Fsp3) is 0.467. The Morgan fingerprint density at radius 1 is 1.52 bits per heavy atom. The van der Waals surface area contributed by atoms with Crippen LogP contribution in [0, 0.1) is 0 Å². The first-order chi connectivity index (χ1) is 10.1. The molecule has 4 nitrogen and oxygen atoms in total. The number of hydrogen-bond acceptors (Lipinski definition) is 4. The first-order valence-corrected chi connectivity index (χ1v) is 8.59. The van der Waals surface area contributed by atoms with Crippen LogP contribution in [-0.4, -0.2) is 35.8 Å². The summed E-state index contributed by atoms with van der Waals surface area (Å²) in [4.78, 5) is 15.7. The van der Waals surface area contributed by atoms with Gasteiger partial charge in [0.2, 0.25) is 5.91 Å². The van der Waals surface area contributed by atoms with E-state index in [0.717, 1.165) is 34.9 Å². The van der Waals surface area contributed by atoms with Gasteiger partial charge in [-0.1, -0.05) is 32.1 Å². The third kappa shape index (κ3) is 3.32. The summed E-state index contributed by atoms with van der Waals surface area (Å²) in [5.41, 5.74) is 7.84. The van der Waals surface area contributed by atoms with Gasteiger partial charge in [0.05, 0.1) is 0 Å². The number of anilines is 1. The molecular weight excluding hydrogens is 302 g/mol. The number of carbonyl (C=O) groups excluding carboxylic acids is 1. The Kier molecular flexibility index (Phi) is 5.47. The third-order valence-electron chi connectivity index (χ3n) is 3.58. The van der Waals surface area contributed by atoms with Crippen molar-refractivity contribution in [1.82, 2.24) is 5.32 Å². The molecule has 2 rings (SSSR count). The van der Waals surface area contributed by atoms with Crippen LogP contribution in [0.2, 0.25) is 0 Å². The van der Waals surface area contributed by atoms with Gasteiger partial charge in [-0.25, -0.2) is 0 Å². The number of nitrogens with two attached hydrogens (primary N) is 1. The number of benzene rings is 1. The van der Waals surface area contributed by atoms with Crippen molar-refractivity contribution < 1.29 is 4.79 Å². The summed E-state index contributed by atoms with van der Waals surface area (Å²) >= 11 is 6.99. The number of carbonyl (C=O) groups is 1. The minimum Gasteiger partial charge on any atom is -0.389 e. The zero-order valence-electron chi connectivity index (χ0n) is 12.4. The summed E-state index contributed by atoms with van der Waals surface area (Å²) in [6, 6.07) is 5.90. The highest BCUT2D eigenvalue weighted by atomic mass is 32.2. The molecule has 1 aliphatic heterocycles. The molecule has 1 atom stereocenters. The Morgan fingerprint density at radius 2 is 2.29 bits per heavy atom. The lowest BCUT2D eigenvalue weighted by Crippen LogP contribution is -2.55. The van der Waals surface area contributed by atoms with Crippen LogP contribution < -0.4 is 16.0 Å². The van der Waals surface area contributed by atoms with E-state index < -0.39 is 0 Å². The van der Waals surface area contributed by atoms with E-state index in [1.807, 2.05) is 25.1 Å². The zero-order valence-corrected chi connectivity index (χ0v) is 14.0. The lowest BCUT2D eigenvalue weighted by atomic mass is 10.1. The number of thiocarbonyl (C=S) groups is 1. The summed E-state index contributed by atoms with van der Waals surface area (Å²) in [6.07, 6.45) is 0.758. The van der Waals surface area contributed by atoms with Crippen LogP contribution in [0.5, 0.6) is 0 Å². The number of nitrogens with zero attached hydrogens (tertiary/aromatic N) is 1. The van der Waals surface area contributed by atoms with Crippen molar-refractivity contribution in [3.05, 3.63) is 23.8 Å². The van der Waals surface area contributed by atoms with Gasteiger partial charge in [0, 0.05) is 29.2 Å². The summed E-state index contributed by atoms with van der Waals surface area (Å²) in [6.45, 7) is 5.55. The number of amides is 1. The van der Waals surface area contributed by atoms with Crippen molar-refractivity contribution in [2.24, 2.45) is 5.73 Å². The van der Waals surface area contributed by atoms with Gasteiger partial charge in [0.15, 0.2) is 0 Å². The molecule has 1 aliphatic rings. The molecular formula is C15H21N3OS2. The molecule has 1 saturated heterocycles. The van der Waals surface area contributed by atoms with Gasteiger partial charge in [-0.3, -0.25) is 4.79 Å². The molecule has 1 aromatic rings. The molecule has 0 saturated carbocycles. The molecule has 0 aromatic heterocycles. The molecule has 21 heavy (non-hydrogen) atoms. The number of hydrogen-bond donors (Lipinski definition) is 2. The van der Waals surface area contributed by atoms with Crippen molar-refractivity contribution in [2.45, 2.75) is 31.2 Å². The van der Waals surface area contributed by atoms with Crippen LogP contribution in [0.1, 0.15) is 25.8 Å². The maximum absolute atomic E-state index is 12.1. The van der Waals surface area contributed by atoms with E-state index >= 15 is 0 Å². The van der Waals surface area contributed by atoms with Crippen LogP contribution in [0.4, 0.5) is 5.69 Å². The standard InChI is InChI=1S/C15H21N3OS2/c1-3-10-15(19)17-8-9-18(10)11-6-5-7-12(21-4-2)13(11)14(16)20/h5-7,10H,3-4,8-9H2,1-2H3,(H2,16,20)(H,17,19). The summed E-state index contributed by atoms with van der Waals surface area (Å²) in [5, 5.41) is 2.92. The molecule has 1 unspecified atom stereocenters. The first kappa shape index (κ1) is 16.1. The topological polar surface area (TPSA) is 58.4 Å². The fourth-order valence-electron chi connectivity index (χ4n) is 2.69. The van der Waals surface area contributed by atoms with Crippen LogP contribution in [0.3, 0.4) is 0 Å². The molecule has 0 spiro atoms. The Balaban J connectivity index is 2.49. The van der Waals surface area contributed by atoms with E-state index in [9.17, 15) is 4.79 Å². The lowest BCUT2D eigenvalue weighted by Gasteiger charge is -2.37. The van der Waals surface area contributed by atoms with Gasteiger partial charge < -0.3 is 16.0 Å². The predicted molar refractivity (Wildman–Crippen MR) is 93.2 cm³/mol. The van der Waals surface area contributed by atoms with Crippen LogP contribution in [0.25, 0.3) is 0 Å². The second-order valence-electron chi connectivity index (χ2n) is 4.86. The normalized spacial score (nSPS) is 18.5. The SMILES string of the molecule is CCSc1cccc(N2CCNC(=O)C2CC)c1C(N)=S. The summed E-state index contributed by atoms with van der Waals surface area (Å²) in [7, 11) is 0. The van der Waals surface area contributed by atoms with Gasteiger partial charge in [0.1, 0.15) is 11.0 Å². The highest BCUT2D eigenvalue weighted by Gasteiger charge is 2.30. The van der Waals surface area contributed by atoms with Crippen LogP contribution in [0.15, 0.2) is 23.1 Å². The van der Waals surface area contributed by atoms with Gasteiger partial charge >= 0.3 is 0 Å². The molecule has 1 fully saturated rings. The van der Waals surface area contributed by atoms with Crippen LogP contribution >= 0.6 is 24.0 Å². The van der Waals surface area contributed by atoms with Crippen molar-refractivity contribution >= 4 is 40.6 Å². The Bertz CT molecular complexity index is 548. The van der Waals surface area contributed by atoms with Crippen LogP contribution in [-0.2, 0) is 4.79 Å².